The van der Waals surface area contributed by atoms with Gasteiger partial charge in [0.25, 0.3) is 4.92 Å². The summed E-state index contributed by atoms with van der Waals surface area (Å²) >= 11 is 4.14. The van der Waals surface area contributed by atoms with Gasteiger partial charge in [-0.05, 0) is 17.7 Å². The highest BCUT2D eigenvalue weighted by molar-refractivity contribution is 8.06. The molecule has 0 aliphatic heterocycles. The molecule has 0 fully saturated rings. The summed E-state index contributed by atoms with van der Waals surface area (Å²) in [5, 5.41) is 8.52. The molecule has 0 aliphatic carbocycles. The molecule has 1 unspecified atom stereocenters. The third kappa shape index (κ3) is 4.46. The minimum atomic E-state index is -3.90. The van der Waals surface area contributed by atoms with E-state index in [2.05, 4.69) is 16.3 Å². The van der Waals surface area contributed by atoms with Crippen molar-refractivity contribution in [1.29, 1.82) is 0 Å². The predicted octanol–water partition coefficient (Wildman–Crippen LogP) is 0.580. The number of rotatable bonds is 4. The standard InChI is InChI=1S/C7H8NO5PS/c9-8(10)7-3-1-6(2-4-7)5-13-14(11,12)15/h1-4H,5H2,(H2-,9,10,11,12,15). The van der Waals surface area contributed by atoms with E-state index in [1.807, 2.05) is 0 Å². The van der Waals surface area contributed by atoms with Gasteiger partial charge in [0, 0.05) is 12.1 Å². The lowest BCUT2D eigenvalue weighted by molar-refractivity contribution is -0.729. The van der Waals surface area contributed by atoms with Gasteiger partial charge in [-0.3, -0.25) is 0 Å². The Morgan fingerprint density at radius 1 is 1.47 bits per heavy atom. The molecule has 0 aliphatic rings. The van der Waals surface area contributed by atoms with E-state index in [1.54, 1.807) is 0 Å². The molecule has 6 nitrogen and oxygen atoms in total. The van der Waals surface area contributed by atoms with Crippen molar-refractivity contribution in [2.45, 2.75) is 6.61 Å². The lowest BCUT2D eigenvalue weighted by atomic mass is 10.2. The number of nitrogens with zero attached hydrogens (tertiary/aromatic N) is 1. The van der Waals surface area contributed by atoms with Crippen molar-refractivity contribution in [3.05, 3.63) is 34.7 Å². The third-order valence-electron chi connectivity index (χ3n) is 1.55. The van der Waals surface area contributed by atoms with Crippen LogP contribution in [0.15, 0.2) is 24.3 Å². The van der Waals surface area contributed by atoms with Gasteiger partial charge in [-0.15, -0.1) is 0 Å². The molecule has 0 heterocycles. The Labute approximate surface area is 90.5 Å². The molecule has 15 heavy (non-hydrogen) atoms. The Morgan fingerprint density at radius 2 is 2.00 bits per heavy atom. The first-order valence-corrected chi connectivity index (χ1v) is 6.41. The summed E-state index contributed by atoms with van der Waals surface area (Å²) in [6.45, 7) is -4.02. The van der Waals surface area contributed by atoms with Crippen molar-refractivity contribution in [1.82, 2.24) is 0 Å². The maximum Gasteiger partial charge on any atom is 0.316 e. The maximum atomic E-state index is 10.6. The average molecular weight is 249 g/mol. The van der Waals surface area contributed by atoms with Crippen LogP contribution in [0.3, 0.4) is 0 Å². The fourth-order valence-corrected chi connectivity index (χ4v) is 1.35. The number of benzene rings is 1. The fourth-order valence-electron chi connectivity index (χ4n) is 0.876. The molecule has 1 atom stereocenters. The summed E-state index contributed by atoms with van der Waals surface area (Å²) in [5.74, 6) is 0. The predicted molar refractivity (Wildman–Crippen MR) is 52.8 cm³/mol. The number of hydrogen-bond acceptors (Lipinski definition) is 4. The molecular formula is C7H8NO5PS. The molecule has 8 heteroatoms. The molecule has 1 aromatic carbocycles. The van der Waals surface area contributed by atoms with Gasteiger partial charge in [0.2, 0.25) is 0 Å². The first kappa shape index (κ1) is 12.2. The minimum Gasteiger partial charge on any atom is -0.780 e. The van der Waals surface area contributed by atoms with Gasteiger partial charge in [0.1, 0.15) is 6.72 Å². The largest absolute Gasteiger partial charge is 0.780 e. The number of hydrogen-bond donors (Lipinski definition) is 2. The Hall–Kier alpha value is -0.850. The van der Waals surface area contributed by atoms with E-state index < -0.39 is 6.72 Å². The highest BCUT2D eigenvalue weighted by Crippen LogP contribution is 2.32. The lowest BCUT2D eigenvalue weighted by Gasteiger charge is -2.19. The minimum absolute atomic E-state index is 0.0595. The van der Waals surface area contributed by atoms with Crippen LogP contribution in [0.4, 0.5) is 5.69 Å². The lowest BCUT2D eigenvalue weighted by Crippen LogP contribution is -2.03. The third-order valence-corrected chi connectivity index (χ3v) is 2.32. The second-order valence-corrected chi connectivity index (χ2v) is 5.26. The molecule has 0 saturated carbocycles. The molecule has 0 amide bonds. The van der Waals surface area contributed by atoms with Crippen molar-refractivity contribution < 1.29 is 24.4 Å². The average Bonchev–Trinajstić information content (AvgIpc) is 2.14. The van der Waals surface area contributed by atoms with Crippen LogP contribution in [-0.4, -0.2) is 15.0 Å². The molecule has 0 bridgehead atoms. The summed E-state index contributed by atoms with van der Waals surface area (Å²) in [7, 11) is 0. The van der Waals surface area contributed by atoms with Crippen LogP contribution >= 0.6 is 6.72 Å². The van der Waals surface area contributed by atoms with E-state index in [1.165, 1.54) is 24.3 Å². The molecule has 2 N–H and O–H groups in total. The van der Waals surface area contributed by atoms with Crippen molar-refractivity contribution >= 4 is 24.2 Å². The van der Waals surface area contributed by atoms with E-state index >= 15 is 0 Å². The second kappa shape index (κ2) is 4.78. The van der Waals surface area contributed by atoms with Crippen LogP contribution in [0, 0.1) is 4.91 Å². The maximum absolute atomic E-state index is 10.6. The van der Waals surface area contributed by atoms with Crippen molar-refractivity contribution in [3.63, 3.8) is 0 Å². The molecule has 0 spiro atoms. The van der Waals surface area contributed by atoms with Crippen LogP contribution < -0.4 is 4.89 Å². The highest BCUT2D eigenvalue weighted by atomic mass is 32.5. The SMILES string of the molecule is O=[N+](O)c1ccc(COP([O-])(O)=S)cc1. The first-order chi connectivity index (χ1) is 6.88. The van der Waals surface area contributed by atoms with Gasteiger partial charge in [-0.2, -0.15) is 0 Å². The van der Waals surface area contributed by atoms with Crippen LogP contribution in [-0.2, 0) is 22.9 Å². The second-order valence-electron chi connectivity index (χ2n) is 2.68. The monoisotopic (exact) mass is 249 g/mol. The van der Waals surface area contributed by atoms with E-state index in [0.29, 0.717) is 5.56 Å². The molecule has 82 valence electrons. The van der Waals surface area contributed by atoms with Crippen molar-refractivity contribution in [2.24, 2.45) is 0 Å². The molecular weight excluding hydrogens is 241 g/mol. The topological polar surface area (TPSA) is 92.8 Å². The van der Waals surface area contributed by atoms with E-state index in [4.69, 9.17) is 10.1 Å². The summed E-state index contributed by atoms with van der Waals surface area (Å²) < 4.78 is 4.49. The van der Waals surface area contributed by atoms with Gasteiger partial charge < -0.3 is 14.3 Å². The van der Waals surface area contributed by atoms with Crippen LogP contribution in [0.25, 0.3) is 0 Å². The molecule has 0 radical (unpaired) electrons. The summed E-state index contributed by atoms with van der Waals surface area (Å²) in [6, 6.07) is 5.64. The van der Waals surface area contributed by atoms with E-state index in [0.717, 1.165) is 0 Å². The Bertz CT molecular complexity index is 400. The summed E-state index contributed by atoms with van der Waals surface area (Å²) in [5.41, 5.74) is 0.629. The Kier molecular flexibility index (Phi) is 3.90. The Balaban J connectivity index is 2.65. The van der Waals surface area contributed by atoms with Gasteiger partial charge in [0.05, 0.1) is 11.5 Å². The van der Waals surface area contributed by atoms with Crippen LogP contribution in [0.1, 0.15) is 5.56 Å². The first-order valence-electron chi connectivity index (χ1n) is 3.82. The zero-order valence-electron chi connectivity index (χ0n) is 7.44. The van der Waals surface area contributed by atoms with Crippen LogP contribution in [0.2, 0.25) is 0 Å². The van der Waals surface area contributed by atoms with Gasteiger partial charge in [0.15, 0.2) is 0 Å². The smallest absolute Gasteiger partial charge is 0.316 e. The van der Waals surface area contributed by atoms with Gasteiger partial charge in [-0.1, -0.05) is 11.8 Å². The summed E-state index contributed by atoms with van der Waals surface area (Å²) in [4.78, 5) is 29.4. The van der Waals surface area contributed by atoms with E-state index in [9.17, 15) is 9.80 Å². The van der Waals surface area contributed by atoms with Gasteiger partial charge in [-0.25, -0.2) is 5.21 Å². The zero-order chi connectivity index (χ0) is 11.5. The molecule has 0 saturated heterocycles. The quantitative estimate of drug-likeness (QED) is 0.599. The highest BCUT2D eigenvalue weighted by Gasteiger charge is 2.09. The molecule has 0 aromatic heterocycles. The van der Waals surface area contributed by atoms with Crippen molar-refractivity contribution in [2.75, 3.05) is 0 Å². The molecule has 1 rings (SSSR count). The Morgan fingerprint density at radius 3 is 2.40 bits per heavy atom. The molecule has 1 aromatic rings. The van der Waals surface area contributed by atoms with E-state index in [-0.39, 0.29) is 17.2 Å². The summed E-state index contributed by atoms with van der Waals surface area (Å²) in [6.07, 6.45) is 0. The van der Waals surface area contributed by atoms with Gasteiger partial charge >= 0.3 is 5.69 Å². The van der Waals surface area contributed by atoms with Crippen LogP contribution in [0.5, 0.6) is 0 Å². The normalized spacial score (nSPS) is 14.5. The van der Waals surface area contributed by atoms with Crippen molar-refractivity contribution in [3.8, 4) is 0 Å². The zero-order valence-corrected chi connectivity index (χ0v) is 9.15. The fraction of sp³-hybridized carbons (Fsp3) is 0.143.